The number of hydrogen-bond acceptors (Lipinski definition) is 3. The first-order chi connectivity index (χ1) is 10.7. The molecule has 0 bridgehead atoms. The number of alkyl halides is 1. The Morgan fingerprint density at radius 2 is 1.59 bits per heavy atom. The summed E-state index contributed by atoms with van der Waals surface area (Å²) in [6.45, 7) is 0.181. The maximum atomic E-state index is 11.4. The van der Waals surface area contributed by atoms with Crippen molar-refractivity contribution >= 4 is 35.5 Å². The van der Waals surface area contributed by atoms with Crippen LogP contribution in [0.15, 0.2) is 48.5 Å². The second kappa shape index (κ2) is 8.10. The first-order valence-corrected chi connectivity index (χ1v) is 7.28. The van der Waals surface area contributed by atoms with E-state index in [4.69, 9.17) is 16.3 Å². The van der Waals surface area contributed by atoms with Crippen LogP contribution in [0.4, 0.5) is 10.5 Å². The van der Waals surface area contributed by atoms with Crippen LogP contribution in [0.5, 0.6) is 5.75 Å². The average molecular weight is 318 g/mol. The van der Waals surface area contributed by atoms with Crippen molar-refractivity contribution in [2.75, 3.05) is 17.8 Å². The van der Waals surface area contributed by atoms with E-state index in [-0.39, 0.29) is 18.2 Å². The third kappa shape index (κ3) is 5.14. The molecular formula is C17H16ClNO3. The third-order valence-corrected chi connectivity index (χ3v) is 2.98. The zero-order valence-corrected chi connectivity index (χ0v) is 12.6. The van der Waals surface area contributed by atoms with Crippen molar-refractivity contribution < 1.29 is 14.6 Å². The number of rotatable bonds is 5. The lowest BCUT2D eigenvalue weighted by Gasteiger charge is -2.05. The molecule has 0 unspecified atom stereocenters. The van der Waals surface area contributed by atoms with Crippen LogP contribution in [0, 0.1) is 0 Å². The zero-order valence-electron chi connectivity index (χ0n) is 11.8. The molecule has 0 aliphatic carbocycles. The number of phenols is 1. The van der Waals surface area contributed by atoms with Gasteiger partial charge < -0.3 is 9.84 Å². The lowest BCUT2D eigenvalue weighted by atomic mass is 10.1. The number of phenolic OH excluding ortho intramolecular Hbond substituents is 1. The van der Waals surface area contributed by atoms with Crippen molar-refractivity contribution in [2.45, 2.75) is 0 Å². The lowest BCUT2D eigenvalue weighted by molar-refractivity contribution is 0.168. The Balaban J connectivity index is 1.94. The van der Waals surface area contributed by atoms with Crippen molar-refractivity contribution in [3.63, 3.8) is 0 Å². The molecule has 0 aliphatic heterocycles. The van der Waals surface area contributed by atoms with Gasteiger partial charge in [0, 0.05) is 5.69 Å². The van der Waals surface area contributed by atoms with Crippen LogP contribution in [0.1, 0.15) is 11.1 Å². The van der Waals surface area contributed by atoms with Gasteiger partial charge in [-0.15, -0.1) is 11.6 Å². The van der Waals surface area contributed by atoms with Crippen molar-refractivity contribution in [3.05, 3.63) is 59.7 Å². The topological polar surface area (TPSA) is 58.6 Å². The van der Waals surface area contributed by atoms with Crippen LogP contribution in [-0.2, 0) is 4.74 Å². The van der Waals surface area contributed by atoms with Gasteiger partial charge in [-0.25, -0.2) is 4.79 Å². The molecule has 0 saturated heterocycles. The lowest BCUT2D eigenvalue weighted by Crippen LogP contribution is -2.14. The standard InChI is InChI=1S/C17H16ClNO3/c18-11-12-22-17(21)19-15-7-3-13(4-8-15)1-2-14-5-9-16(20)10-6-14/h1-10,20H,11-12H2,(H,19,21). The molecule has 0 aliphatic rings. The molecule has 2 N–H and O–H groups in total. The molecule has 0 heterocycles. The van der Waals surface area contributed by atoms with E-state index in [9.17, 15) is 9.90 Å². The number of hydrogen-bond donors (Lipinski definition) is 2. The summed E-state index contributed by atoms with van der Waals surface area (Å²) in [6, 6.07) is 14.3. The Hall–Kier alpha value is -2.46. The van der Waals surface area contributed by atoms with E-state index in [1.807, 2.05) is 36.4 Å². The number of aromatic hydroxyl groups is 1. The minimum absolute atomic E-state index is 0.181. The van der Waals surface area contributed by atoms with Gasteiger partial charge in [0.15, 0.2) is 0 Å². The van der Waals surface area contributed by atoms with Crippen LogP contribution < -0.4 is 5.32 Å². The maximum absolute atomic E-state index is 11.4. The highest BCUT2D eigenvalue weighted by atomic mass is 35.5. The number of halogens is 1. The van der Waals surface area contributed by atoms with E-state index in [1.54, 1.807) is 24.3 Å². The van der Waals surface area contributed by atoms with E-state index in [2.05, 4.69) is 5.32 Å². The molecule has 0 aromatic heterocycles. The molecule has 22 heavy (non-hydrogen) atoms. The van der Waals surface area contributed by atoms with E-state index in [0.717, 1.165) is 11.1 Å². The zero-order chi connectivity index (χ0) is 15.8. The van der Waals surface area contributed by atoms with Crippen LogP contribution in [0.3, 0.4) is 0 Å². The van der Waals surface area contributed by atoms with Crippen molar-refractivity contribution in [1.82, 2.24) is 0 Å². The van der Waals surface area contributed by atoms with Gasteiger partial charge in [-0.1, -0.05) is 36.4 Å². The van der Waals surface area contributed by atoms with Gasteiger partial charge >= 0.3 is 6.09 Å². The number of anilines is 1. The van der Waals surface area contributed by atoms with Gasteiger partial charge in [-0.05, 0) is 35.4 Å². The molecule has 2 aromatic carbocycles. The number of ether oxygens (including phenoxy) is 1. The predicted octanol–water partition coefficient (Wildman–Crippen LogP) is 4.35. The summed E-state index contributed by atoms with van der Waals surface area (Å²) in [5.41, 5.74) is 2.64. The molecule has 4 nitrogen and oxygen atoms in total. The molecule has 0 atom stereocenters. The number of amides is 1. The number of benzene rings is 2. The van der Waals surface area contributed by atoms with Crippen LogP contribution in [-0.4, -0.2) is 23.7 Å². The largest absolute Gasteiger partial charge is 0.508 e. The Morgan fingerprint density at radius 1 is 1.05 bits per heavy atom. The second-order valence-electron chi connectivity index (χ2n) is 4.50. The first kappa shape index (κ1) is 15.9. The summed E-state index contributed by atoms with van der Waals surface area (Å²) in [6.07, 6.45) is 3.37. The first-order valence-electron chi connectivity index (χ1n) is 6.74. The summed E-state index contributed by atoms with van der Waals surface area (Å²) >= 11 is 5.44. The average Bonchev–Trinajstić information content (AvgIpc) is 2.54. The Bertz CT molecular complexity index is 636. The molecule has 2 rings (SSSR count). The number of carbonyl (C=O) groups is 1. The van der Waals surface area contributed by atoms with E-state index in [0.29, 0.717) is 5.69 Å². The van der Waals surface area contributed by atoms with Crippen molar-refractivity contribution in [1.29, 1.82) is 0 Å². The highest BCUT2D eigenvalue weighted by molar-refractivity contribution is 6.18. The fraction of sp³-hybridized carbons (Fsp3) is 0.118. The highest BCUT2D eigenvalue weighted by Gasteiger charge is 2.01. The summed E-state index contributed by atoms with van der Waals surface area (Å²) in [4.78, 5) is 11.4. The number of nitrogens with one attached hydrogen (secondary N) is 1. The Kier molecular flexibility index (Phi) is 5.86. The highest BCUT2D eigenvalue weighted by Crippen LogP contribution is 2.15. The Morgan fingerprint density at radius 3 is 2.14 bits per heavy atom. The van der Waals surface area contributed by atoms with E-state index in [1.165, 1.54) is 0 Å². The maximum Gasteiger partial charge on any atom is 0.411 e. The van der Waals surface area contributed by atoms with Crippen LogP contribution in [0.25, 0.3) is 12.2 Å². The van der Waals surface area contributed by atoms with Crippen molar-refractivity contribution in [3.8, 4) is 5.75 Å². The third-order valence-electron chi connectivity index (χ3n) is 2.83. The fourth-order valence-corrected chi connectivity index (χ4v) is 1.82. The molecule has 0 fully saturated rings. The SMILES string of the molecule is O=C(Nc1ccc(C=Cc2ccc(O)cc2)cc1)OCCCl. The second-order valence-corrected chi connectivity index (χ2v) is 4.87. The molecule has 0 spiro atoms. The van der Waals surface area contributed by atoms with Crippen LogP contribution in [0.2, 0.25) is 0 Å². The van der Waals surface area contributed by atoms with Gasteiger partial charge in [-0.2, -0.15) is 0 Å². The van der Waals surface area contributed by atoms with Gasteiger partial charge in [0.25, 0.3) is 0 Å². The molecular weight excluding hydrogens is 302 g/mol. The van der Waals surface area contributed by atoms with E-state index < -0.39 is 6.09 Å². The summed E-state index contributed by atoms with van der Waals surface area (Å²) in [5, 5.41) is 11.8. The summed E-state index contributed by atoms with van der Waals surface area (Å²) in [7, 11) is 0. The minimum Gasteiger partial charge on any atom is -0.508 e. The van der Waals surface area contributed by atoms with Gasteiger partial charge in [0.05, 0.1) is 5.88 Å². The van der Waals surface area contributed by atoms with E-state index >= 15 is 0 Å². The fourth-order valence-electron chi connectivity index (χ4n) is 1.74. The molecule has 1 amide bonds. The molecule has 114 valence electrons. The van der Waals surface area contributed by atoms with Crippen molar-refractivity contribution in [2.24, 2.45) is 0 Å². The van der Waals surface area contributed by atoms with Gasteiger partial charge in [-0.3, -0.25) is 5.32 Å². The smallest absolute Gasteiger partial charge is 0.411 e. The predicted molar refractivity (Wildman–Crippen MR) is 89.2 cm³/mol. The molecule has 0 radical (unpaired) electrons. The normalized spacial score (nSPS) is 10.6. The van der Waals surface area contributed by atoms with Gasteiger partial charge in [0.2, 0.25) is 0 Å². The molecule has 5 heteroatoms. The quantitative estimate of drug-likeness (QED) is 0.636. The molecule has 0 saturated carbocycles. The molecule has 2 aromatic rings. The van der Waals surface area contributed by atoms with Crippen LogP contribution >= 0.6 is 11.6 Å². The summed E-state index contributed by atoms with van der Waals surface area (Å²) in [5.74, 6) is 0.516. The summed E-state index contributed by atoms with van der Waals surface area (Å²) < 4.78 is 4.82. The monoisotopic (exact) mass is 317 g/mol. The minimum atomic E-state index is -0.520. The number of carbonyl (C=O) groups excluding carboxylic acids is 1. The van der Waals surface area contributed by atoms with Gasteiger partial charge in [0.1, 0.15) is 12.4 Å². The Labute approximate surface area is 134 Å².